The molecule has 0 saturated carbocycles. The minimum absolute atomic E-state index is 0.162. The van der Waals surface area contributed by atoms with Gasteiger partial charge in [-0.2, -0.15) is 0 Å². The van der Waals surface area contributed by atoms with Gasteiger partial charge in [0.1, 0.15) is 0 Å². The number of anilines is 2. The first-order valence-electron chi connectivity index (χ1n) is 10.0. The van der Waals surface area contributed by atoms with Crippen LogP contribution in [0.2, 0.25) is 5.02 Å². The second-order valence-corrected chi connectivity index (χ2v) is 9.62. The molecule has 1 aliphatic carbocycles. The van der Waals surface area contributed by atoms with Gasteiger partial charge in [-0.3, -0.25) is 4.72 Å². The van der Waals surface area contributed by atoms with Crippen LogP contribution in [0.1, 0.15) is 11.3 Å². The highest BCUT2D eigenvalue weighted by Gasteiger charge is 2.25. The zero-order chi connectivity index (χ0) is 22.3. The predicted molar refractivity (Wildman–Crippen MR) is 127 cm³/mol. The number of hydrogen-bond acceptors (Lipinski definition) is 5. The smallest absolute Gasteiger partial charge is 0.261 e. The van der Waals surface area contributed by atoms with Gasteiger partial charge in [-0.05, 0) is 48.2 Å². The van der Waals surface area contributed by atoms with Crippen LogP contribution in [0.4, 0.5) is 11.6 Å². The lowest BCUT2D eigenvalue weighted by molar-refractivity contribution is 0.601. The summed E-state index contributed by atoms with van der Waals surface area (Å²) >= 11 is 6.49. The van der Waals surface area contributed by atoms with Gasteiger partial charge in [0.25, 0.3) is 10.0 Å². The number of nitrogens with zero attached hydrogens (tertiary/aromatic N) is 2. The number of nitrogens with one attached hydrogen (secondary N) is 1. The van der Waals surface area contributed by atoms with E-state index in [2.05, 4.69) is 14.7 Å². The van der Waals surface area contributed by atoms with Gasteiger partial charge in [-0.15, -0.1) is 0 Å². The van der Waals surface area contributed by atoms with E-state index in [0.717, 1.165) is 34.4 Å². The summed E-state index contributed by atoms with van der Waals surface area (Å²) < 4.78 is 28.4. The maximum Gasteiger partial charge on any atom is 0.261 e. The third-order valence-corrected chi connectivity index (χ3v) is 7.13. The summed E-state index contributed by atoms with van der Waals surface area (Å²) in [6, 6.07) is 21.5. The van der Waals surface area contributed by atoms with E-state index in [0.29, 0.717) is 22.8 Å². The molecule has 1 aliphatic rings. The maximum absolute atomic E-state index is 12.9. The molecule has 0 atom stereocenters. The lowest BCUT2D eigenvalue weighted by atomic mass is 9.86. The topological polar surface area (TPSA) is 98.0 Å². The second kappa shape index (κ2) is 7.93. The maximum atomic E-state index is 12.9. The Kier molecular flexibility index (Phi) is 5.07. The van der Waals surface area contributed by atoms with Crippen molar-refractivity contribution in [2.24, 2.45) is 0 Å². The zero-order valence-electron chi connectivity index (χ0n) is 16.9. The lowest BCUT2D eigenvalue weighted by Crippen LogP contribution is -2.15. The van der Waals surface area contributed by atoms with Crippen molar-refractivity contribution in [1.29, 1.82) is 0 Å². The summed E-state index contributed by atoms with van der Waals surface area (Å²) in [5, 5.41) is 0.337. The number of sulfonamides is 1. The fourth-order valence-corrected chi connectivity index (χ4v) is 5.36. The number of nitrogen functional groups attached to an aromatic ring is 1. The number of halogens is 1. The Morgan fingerprint density at radius 1 is 0.906 bits per heavy atom. The number of rotatable bonds is 4. The first kappa shape index (κ1) is 20.5. The molecule has 0 bridgehead atoms. The van der Waals surface area contributed by atoms with Crippen molar-refractivity contribution in [2.75, 3.05) is 10.5 Å². The molecule has 160 valence electrons. The van der Waals surface area contributed by atoms with Crippen molar-refractivity contribution >= 4 is 33.3 Å². The molecule has 0 spiro atoms. The highest BCUT2D eigenvalue weighted by molar-refractivity contribution is 7.92. The molecule has 3 aromatic carbocycles. The van der Waals surface area contributed by atoms with Crippen molar-refractivity contribution in [1.82, 2.24) is 9.97 Å². The van der Waals surface area contributed by atoms with Crippen LogP contribution >= 0.6 is 11.6 Å². The molecule has 0 aliphatic heterocycles. The summed E-state index contributed by atoms with van der Waals surface area (Å²) in [6.45, 7) is 0. The predicted octanol–water partition coefficient (Wildman–Crippen LogP) is 4.95. The van der Waals surface area contributed by atoms with Crippen LogP contribution in [0.3, 0.4) is 0 Å². The van der Waals surface area contributed by atoms with Crippen LogP contribution < -0.4 is 10.5 Å². The molecule has 0 amide bonds. The van der Waals surface area contributed by atoms with Crippen LogP contribution in [-0.4, -0.2) is 18.4 Å². The van der Waals surface area contributed by atoms with Crippen LogP contribution in [0, 0.1) is 0 Å². The largest absolute Gasteiger partial charge is 0.368 e. The van der Waals surface area contributed by atoms with E-state index >= 15 is 0 Å². The molecule has 0 saturated heterocycles. The Morgan fingerprint density at radius 3 is 2.31 bits per heavy atom. The number of aromatic nitrogens is 2. The van der Waals surface area contributed by atoms with Crippen LogP contribution in [-0.2, 0) is 22.9 Å². The Balaban J connectivity index is 1.67. The molecular formula is C24H19ClN4O2S. The molecular weight excluding hydrogens is 444 g/mol. The normalized spacial score (nSPS) is 12.7. The van der Waals surface area contributed by atoms with E-state index < -0.39 is 10.0 Å². The minimum Gasteiger partial charge on any atom is -0.368 e. The van der Waals surface area contributed by atoms with Crippen molar-refractivity contribution in [3.05, 3.63) is 89.1 Å². The first-order valence-corrected chi connectivity index (χ1v) is 11.9. The molecule has 0 radical (unpaired) electrons. The van der Waals surface area contributed by atoms with Gasteiger partial charge in [0.15, 0.2) is 0 Å². The van der Waals surface area contributed by atoms with Crippen LogP contribution in [0.15, 0.2) is 77.7 Å². The molecule has 3 N–H and O–H groups in total. The number of fused-ring (bicyclic) bond motifs is 3. The molecule has 32 heavy (non-hydrogen) atoms. The fraction of sp³-hybridized carbons (Fsp3) is 0.0833. The second-order valence-electron chi connectivity index (χ2n) is 7.53. The van der Waals surface area contributed by atoms with Crippen molar-refractivity contribution < 1.29 is 8.42 Å². The van der Waals surface area contributed by atoms with E-state index in [4.69, 9.17) is 17.3 Å². The summed E-state index contributed by atoms with van der Waals surface area (Å²) in [6.07, 6.45) is 1.42. The molecule has 4 aromatic rings. The highest BCUT2D eigenvalue weighted by atomic mass is 35.5. The number of aryl methyl sites for hydroxylation is 2. The molecule has 0 fully saturated rings. The summed E-state index contributed by atoms with van der Waals surface area (Å²) in [7, 11) is -3.79. The fourth-order valence-electron chi connectivity index (χ4n) is 3.98. The average molecular weight is 463 g/mol. The van der Waals surface area contributed by atoms with Crippen molar-refractivity contribution in [3.8, 4) is 22.4 Å². The third-order valence-electron chi connectivity index (χ3n) is 5.44. The molecule has 8 heteroatoms. The van der Waals surface area contributed by atoms with Gasteiger partial charge in [0.2, 0.25) is 5.95 Å². The highest BCUT2D eigenvalue weighted by Crippen LogP contribution is 2.42. The molecule has 1 aromatic heterocycles. The third kappa shape index (κ3) is 3.70. The van der Waals surface area contributed by atoms with Gasteiger partial charge < -0.3 is 5.73 Å². The van der Waals surface area contributed by atoms with E-state index in [1.54, 1.807) is 24.3 Å². The number of benzene rings is 3. The van der Waals surface area contributed by atoms with Crippen LogP contribution in [0.25, 0.3) is 22.4 Å². The monoisotopic (exact) mass is 462 g/mol. The van der Waals surface area contributed by atoms with Gasteiger partial charge in [-0.1, -0.05) is 60.1 Å². The molecule has 0 unspecified atom stereocenters. The standard InChI is InChI=1S/C24H19ClN4O2S/c25-19-13-16-11-12-20-22(23(28-24(26)27-20)15-7-3-1-4-8-15)18(16)14-21(19)29-32(30,31)17-9-5-2-6-10-17/h1-10,13-14,29H,11-12H2,(H2,26,27,28). The Morgan fingerprint density at radius 2 is 1.59 bits per heavy atom. The minimum atomic E-state index is -3.79. The summed E-state index contributed by atoms with van der Waals surface area (Å²) in [5.41, 5.74) is 11.5. The van der Waals surface area contributed by atoms with Gasteiger partial charge in [-0.25, -0.2) is 18.4 Å². The van der Waals surface area contributed by atoms with E-state index in [-0.39, 0.29) is 10.8 Å². The first-order chi connectivity index (χ1) is 15.4. The molecule has 5 rings (SSSR count). The Labute approximate surface area is 191 Å². The van der Waals surface area contributed by atoms with Crippen molar-refractivity contribution in [2.45, 2.75) is 17.7 Å². The van der Waals surface area contributed by atoms with E-state index in [9.17, 15) is 8.42 Å². The average Bonchev–Trinajstić information content (AvgIpc) is 2.80. The SMILES string of the molecule is Nc1nc2c(c(-c3ccccc3)n1)-c1cc(NS(=O)(=O)c3ccccc3)c(Cl)cc1CC2. The lowest BCUT2D eigenvalue weighted by Gasteiger charge is -2.23. The summed E-state index contributed by atoms with van der Waals surface area (Å²) in [4.78, 5) is 9.16. The van der Waals surface area contributed by atoms with E-state index in [1.807, 2.05) is 36.4 Å². The number of nitrogens with two attached hydrogens (primary N) is 1. The Hall–Kier alpha value is -3.42. The van der Waals surface area contributed by atoms with Crippen molar-refractivity contribution in [3.63, 3.8) is 0 Å². The van der Waals surface area contributed by atoms with Gasteiger partial charge >= 0.3 is 0 Å². The summed E-state index contributed by atoms with van der Waals surface area (Å²) in [5.74, 6) is 0.213. The quantitative estimate of drug-likeness (QED) is 0.447. The number of hydrogen-bond donors (Lipinski definition) is 2. The zero-order valence-corrected chi connectivity index (χ0v) is 18.5. The molecule has 1 heterocycles. The molecule has 6 nitrogen and oxygen atoms in total. The van der Waals surface area contributed by atoms with Gasteiger partial charge in [0.05, 0.1) is 27.0 Å². The van der Waals surface area contributed by atoms with E-state index in [1.165, 1.54) is 12.1 Å². The Bertz CT molecular complexity index is 1430. The van der Waals surface area contributed by atoms with Gasteiger partial charge in [0, 0.05) is 11.1 Å². The van der Waals surface area contributed by atoms with Crippen LogP contribution in [0.5, 0.6) is 0 Å².